The highest BCUT2D eigenvalue weighted by Crippen LogP contribution is 2.40. The highest BCUT2D eigenvalue weighted by molar-refractivity contribution is 9.10. The van der Waals surface area contributed by atoms with E-state index >= 15 is 0 Å². The van der Waals surface area contributed by atoms with E-state index in [1.165, 1.54) is 5.56 Å². The Morgan fingerprint density at radius 1 is 1.11 bits per heavy atom. The zero-order chi connectivity index (χ0) is 18.6. The van der Waals surface area contributed by atoms with Crippen LogP contribution in [0.25, 0.3) is 10.9 Å². The van der Waals surface area contributed by atoms with Gasteiger partial charge in [0.2, 0.25) is 0 Å². The molecule has 0 saturated carbocycles. The maximum absolute atomic E-state index is 5.76. The summed E-state index contributed by atoms with van der Waals surface area (Å²) in [5.41, 5.74) is 4.06. The smallest absolute Gasteiger partial charge is 0.188 e. The summed E-state index contributed by atoms with van der Waals surface area (Å²) < 4.78 is 23.1. The number of halogens is 1. The Labute approximate surface area is 166 Å². The standard InChI is InChI=1S/C21H20BrNO4/c1-24-13-27-20-18(22)11-17(21-25-7-8-26-21)16-10-15(12-23-19(16)20)9-14-5-3-2-4-6-14/h2-6,10-12,21H,7-9,13H2,1H3. The van der Waals surface area contributed by atoms with E-state index in [2.05, 4.69) is 34.1 Å². The number of pyridine rings is 1. The lowest BCUT2D eigenvalue weighted by molar-refractivity contribution is -0.0430. The predicted octanol–water partition coefficient (Wildman–Crippen LogP) is 4.62. The minimum atomic E-state index is -0.394. The third-order valence-electron chi connectivity index (χ3n) is 4.42. The molecular formula is C21H20BrNO4. The quantitative estimate of drug-likeness (QED) is 0.535. The Balaban J connectivity index is 1.80. The van der Waals surface area contributed by atoms with E-state index in [0.29, 0.717) is 19.0 Å². The number of aromatic nitrogens is 1. The van der Waals surface area contributed by atoms with Gasteiger partial charge in [-0.1, -0.05) is 30.3 Å². The van der Waals surface area contributed by atoms with Crippen molar-refractivity contribution in [2.45, 2.75) is 12.7 Å². The second kappa shape index (κ2) is 8.35. The Morgan fingerprint density at radius 2 is 1.89 bits per heavy atom. The number of ether oxygens (including phenoxy) is 4. The van der Waals surface area contributed by atoms with Crippen LogP contribution in [0.3, 0.4) is 0 Å². The van der Waals surface area contributed by atoms with Crippen LogP contribution in [0.5, 0.6) is 5.75 Å². The molecule has 0 unspecified atom stereocenters. The first-order chi connectivity index (χ1) is 13.3. The van der Waals surface area contributed by atoms with Crippen LogP contribution in [-0.4, -0.2) is 32.1 Å². The lowest BCUT2D eigenvalue weighted by Crippen LogP contribution is -2.05. The molecule has 1 aliphatic rings. The van der Waals surface area contributed by atoms with Crippen molar-refractivity contribution in [3.63, 3.8) is 0 Å². The van der Waals surface area contributed by atoms with Gasteiger partial charge in [-0.15, -0.1) is 0 Å². The van der Waals surface area contributed by atoms with Gasteiger partial charge in [0.15, 0.2) is 18.8 Å². The first-order valence-electron chi connectivity index (χ1n) is 8.76. The minimum absolute atomic E-state index is 0.150. The molecule has 4 rings (SSSR count). The molecule has 5 nitrogen and oxygen atoms in total. The second-order valence-corrected chi connectivity index (χ2v) is 7.16. The monoisotopic (exact) mass is 429 g/mol. The molecule has 0 spiro atoms. The van der Waals surface area contributed by atoms with Crippen molar-refractivity contribution in [1.29, 1.82) is 0 Å². The number of methoxy groups -OCH3 is 1. The lowest BCUT2D eigenvalue weighted by Gasteiger charge is -2.17. The number of fused-ring (bicyclic) bond motifs is 1. The van der Waals surface area contributed by atoms with Crippen molar-refractivity contribution >= 4 is 26.8 Å². The van der Waals surface area contributed by atoms with Crippen molar-refractivity contribution in [2.75, 3.05) is 27.1 Å². The van der Waals surface area contributed by atoms with Gasteiger partial charge >= 0.3 is 0 Å². The van der Waals surface area contributed by atoms with Gasteiger partial charge in [0, 0.05) is 24.3 Å². The zero-order valence-electron chi connectivity index (χ0n) is 15.0. The molecule has 1 aromatic heterocycles. The van der Waals surface area contributed by atoms with Crippen LogP contribution in [0, 0.1) is 0 Å². The molecule has 3 aromatic rings. The molecule has 1 aliphatic heterocycles. The average molecular weight is 430 g/mol. The summed E-state index contributed by atoms with van der Waals surface area (Å²) in [5.74, 6) is 0.653. The van der Waals surface area contributed by atoms with Gasteiger partial charge in [-0.25, -0.2) is 0 Å². The van der Waals surface area contributed by atoms with E-state index in [4.69, 9.17) is 23.9 Å². The summed E-state index contributed by atoms with van der Waals surface area (Å²) in [6, 6.07) is 14.5. The Hall–Kier alpha value is -1.99. The maximum atomic E-state index is 5.76. The van der Waals surface area contributed by atoms with Crippen molar-refractivity contribution in [2.24, 2.45) is 0 Å². The molecule has 2 aromatic carbocycles. The summed E-state index contributed by atoms with van der Waals surface area (Å²) >= 11 is 3.59. The fourth-order valence-electron chi connectivity index (χ4n) is 3.22. The first-order valence-corrected chi connectivity index (χ1v) is 9.55. The number of hydrogen-bond donors (Lipinski definition) is 0. The molecule has 0 amide bonds. The zero-order valence-corrected chi connectivity index (χ0v) is 16.6. The molecule has 6 heteroatoms. The molecule has 1 fully saturated rings. The Morgan fingerprint density at radius 3 is 2.63 bits per heavy atom. The number of rotatable bonds is 6. The molecular weight excluding hydrogens is 410 g/mol. The van der Waals surface area contributed by atoms with Crippen LogP contribution in [0.15, 0.2) is 53.1 Å². The highest BCUT2D eigenvalue weighted by atomic mass is 79.9. The van der Waals surface area contributed by atoms with E-state index in [-0.39, 0.29) is 6.79 Å². The summed E-state index contributed by atoms with van der Waals surface area (Å²) in [6.07, 6.45) is 2.30. The molecule has 140 valence electrons. The fourth-order valence-corrected chi connectivity index (χ4v) is 3.77. The summed E-state index contributed by atoms with van der Waals surface area (Å²) in [5, 5.41) is 0.963. The summed E-state index contributed by atoms with van der Waals surface area (Å²) in [6.45, 7) is 1.32. The molecule has 2 heterocycles. The van der Waals surface area contributed by atoms with Crippen molar-refractivity contribution in [1.82, 2.24) is 4.98 Å². The minimum Gasteiger partial charge on any atom is -0.464 e. The number of benzene rings is 2. The van der Waals surface area contributed by atoms with Crippen LogP contribution < -0.4 is 4.74 Å². The highest BCUT2D eigenvalue weighted by Gasteiger charge is 2.24. The molecule has 0 N–H and O–H groups in total. The van der Waals surface area contributed by atoms with Crippen LogP contribution in [0.2, 0.25) is 0 Å². The number of nitrogens with zero attached hydrogens (tertiary/aromatic N) is 1. The average Bonchev–Trinajstić information content (AvgIpc) is 3.22. The SMILES string of the molecule is COCOc1c(Br)cc(C2OCCO2)c2cc(Cc3ccccc3)cnc12. The van der Waals surface area contributed by atoms with Crippen molar-refractivity contribution in [3.05, 3.63) is 69.8 Å². The predicted molar refractivity (Wildman–Crippen MR) is 106 cm³/mol. The van der Waals surface area contributed by atoms with E-state index in [1.54, 1.807) is 7.11 Å². The molecule has 1 saturated heterocycles. The van der Waals surface area contributed by atoms with Crippen molar-refractivity contribution in [3.8, 4) is 5.75 Å². The van der Waals surface area contributed by atoms with Crippen LogP contribution in [0.4, 0.5) is 0 Å². The topological polar surface area (TPSA) is 49.8 Å². The van der Waals surface area contributed by atoms with Gasteiger partial charge in [0.1, 0.15) is 5.52 Å². The van der Waals surface area contributed by atoms with Crippen LogP contribution in [0.1, 0.15) is 23.0 Å². The Bertz CT molecular complexity index is 926. The van der Waals surface area contributed by atoms with E-state index in [1.807, 2.05) is 30.5 Å². The van der Waals surface area contributed by atoms with Gasteiger partial charge in [-0.2, -0.15) is 0 Å². The van der Waals surface area contributed by atoms with E-state index in [0.717, 1.165) is 32.9 Å². The second-order valence-electron chi connectivity index (χ2n) is 6.30. The molecule has 27 heavy (non-hydrogen) atoms. The molecule has 0 radical (unpaired) electrons. The van der Waals surface area contributed by atoms with Gasteiger partial charge in [0.05, 0.1) is 17.7 Å². The third-order valence-corrected chi connectivity index (χ3v) is 5.01. The largest absolute Gasteiger partial charge is 0.464 e. The van der Waals surface area contributed by atoms with E-state index < -0.39 is 6.29 Å². The van der Waals surface area contributed by atoms with Gasteiger partial charge in [0.25, 0.3) is 0 Å². The van der Waals surface area contributed by atoms with Crippen LogP contribution >= 0.6 is 15.9 Å². The molecule has 0 aliphatic carbocycles. The fraction of sp³-hybridized carbons (Fsp3) is 0.286. The van der Waals surface area contributed by atoms with Crippen molar-refractivity contribution < 1.29 is 18.9 Å². The Kier molecular flexibility index (Phi) is 5.69. The van der Waals surface area contributed by atoms with Gasteiger partial charge < -0.3 is 18.9 Å². The number of hydrogen-bond acceptors (Lipinski definition) is 5. The lowest BCUT2D eigenvalue weighted by atomic mass is 10.0. The van der Waals surface area contributed by atoms with E-state index in [9.17, 15) is 0 Å². The molecule has 0 bridgehead atoms. The third kappa shape index (κ3) is 3.99. The summed E-state index contributed by atoms with van der Waals surface area (Å²) in [7, 11) is 1.59. The maximum Gasteiger partial charge on any atom is 0.188 e. The van der Waals surface area contributed by atoms with Gasteiger partial charge in [-0.05, 0) is 45.6 Å². The summed E-state index contributed by atoms with van der Waals surface area (Å²) in [4.78, 5) is 4.70. The van der Waals surface area contributed by atoms with Gasteiger partial charge in [-0.3, -0.25) is 4.98 Å². The molecule has 0 atom stereocenters. The normalized spacial score (nSPS) is 14.7. The van der Waals surface area contributed by atoms with Crippen LogP contribution in [-0.2, 0) is 20.6 Å². The first kappa shape index (κ1) is 18.4.